The van der Waals surface area contributed by atoms with E-state index in [2.05, 4.69) is 16.0 Å². The molecule has 1 heterocycles. The second kappa shape index (κ2) is 8.65. The lowest BCUT2D eigenvalue weighted by atomic mass is 10.2. The third-order valence-electron chi connectivity index (χ3n) is 4.22. The number of nitrogens with one attached hydrogen (secondary N) is 3. The molecule has 0 radical (unpaired) electrons. The number of para-hydroxylation sites is 1. The van der Waals surface area contributed by atoms with Crippen molar-refractivity contribution in [3.05, 3.63) is 30.3 Å². The van der Waals surface area contributed by atoms with Crippen LogP contribution in [0.15, 0.2) is 30.3 Å². The fraction of sp³-hybridized carbons (Fsp3) is 0.529. The Balaban J connectivity index is 1.93. The molecule has 3 atom stereocenters. The quantitative estimate of drug-likeness (QED) is 0.726. The molecule has 1 fully saturated rings. The monoisotopic (exact) mass is 334 g/mol. The summed E-state index contributed by atoms with van der Waals surface area (Å²) in [6.07, 6.45) is -0.139. The average Bonchev–Trinajstić information content (AvgIpc) is 2.98. The summed E-state index contributed by atoms with van der Waals surface area (Å²) in [4.78, 5) is 26.2. The molecule has 1 saturated heterocycles. The zero-order chi connectivity index (χ0) is 17.5. The van der Waals surface area contributed by atoms with E-state index in [1.54, 1.807) is 7.11 Å². The van der Waals surface area contributed by atoms with Crippen molar-refractivity contribution >= 4 is 17.6 Å². The summed E-state index contributed by atoms with van der Waals surface area (Å²) in [5.41, 5.74) is 0.772. The number of hydrogen-bond acceptors (Lipinski definition) is 4. The van der Waals surface area contributed by atoms with Gasteiger partial charge in [-0.3, -0.25) is 9.69 Å². The van der Waals surface area contributed by atoms with Gasteiger partial charge in [0.1, 0.15) is 0 Å². The Morgan fingerprint density at radius 1 is 1.29 bits per heavy atom. The maximum atomic E-state index is 12.4. The lowest BCUT2D eigenvalue weighted by Gasteiger charge is -2.23. The van der Waals surface area contributed by atoms with Crippen molar-refractivity contribution in [3.8, 4) is 0 Å². The highest BCUT2D eigenvalue weighted by Gasteiger charge is 2.37. The molecular formula is C17H26N4O3. The molecule has 1 aliphatic heterocycles. The first kappa shape index (κ1) is 18.2. The number of carbonyl (C=O) groups is 2. The Morgan fingerprint density at radius 3 is 2.62 bits per heavy atom. The number of benzene rings is 1. The Labute approximate surface area is 142 Å². The van der Waals surface area contributed by atoms with Gasteiger partial charge in [0, 0.05) is 32.4 Å². The van der Waals surface area contributed by atoms with Gasteiger partial charge in [0.25, 0.3) is 0 Å². The predicted molar refractivity (Wildman–Crippen MR) is 92.9 cm³/mol. The van der Waals surface area contributed by atoms with Crippen LogP contribution >= 0.6 is 0 Å². The molecule has 24 heavy (non-hydrogen) atoms. The lowest BCUT2D eigenvalue weighted by Crippen LogP contribution is -2.48. The highest BCUT2D eigenvalue weighted by Crippen LogP contribution is 2.17. The number of likely N-dealkylation sites (tertiary alicyclic amines) is 1. The standard InChI is InChI=1S/C17H26N4O3/c1-4-18-17(23)20-14-10-21(11-15(14)24-3)12(2)16(22)19-13-8-6-5-7-9-13/h5-9,12,14-15H,4,10-11H2,1-3H3,(H,19,22)(H2,18,20,23)/t12-,14+,15-/m0/s1. The predicted octanol–water partition coefficient (Wildman–Crippen LogP) is 1.03. The van der Waals surface area contributed by atoms with Gasteiger partial charge >= 0.3 is 6.03 Å². The molecule has 7 nitrogen and oxygen atoms in total. The van der Waals surface area contributed by atoms with Crippen molar-refractivity contribution in [1.29, 1.82) is 0 Å². The summed E-state index contributed by atoms with van der Waals surface area (Å²) >= 11 is 0. The highest BCUT2D eigenvalue weighted by molar-refractivity contribution is 5.94. The maximum Gasteiger partial charge on any atom is 0.315 e. The first-order valence-corrected chi connectivity index (χ1v) is 8.22. The van der Waals surface area contributed by atoms with Crippen LogP contribution in [0.1, 0.15) is 13.8 Å². The summed E-state index contributed by atoms with van der Waals surface area (Å²) in [7, 11) is 1.62. The van der Waals surface area contributed by atoms with E-state index >= 15 is 0 Å². The number of methoxy groups -OCH3 is 1. The molecule has 1 aromatic rings. The van der Waals surface area contributed by atoms with E-state index in [1.807, 2.05) is 49.1 Å². The van der Waals surface area contributed by atoms with E-state index in [4.69, 9.17) is 4.74 Å². The largest absolute Gasteiger partial charge is 0.378 e. The Morgan fingerprint density at radius 2 is 2.00 bits per heavy atom. The molecular weight excluding hydrogens is 308 g/mol. The lowest BCUT2D eigenvalue weighted by molar-refractivity contribution is -0.120. The van der Waals surface area contributed by atoms with Crippen LogP contribution in [0.3, 0.4) is 0 Å². The van der Waals surface area contributed by atoms with Crippen LogP contribution in [0.25, 0.3) is 0 Å². The molecule has 1 aliphatic rings. The van der Waals surface area contributed by atoms with Crippen molar-refractivity contribution in [2.45, 2.75) is 32.0 Å². The van der Waals surface area contributed by atoms with Crippen LogP contribution in [0, 0.1) is 0 Å². The smallest absolute Gasteiger partial charge is 0.315 e. The van der Waals surface area contributed by atoms with Crippen molar-refractivity contribution in [2.75, 3.05) is 32.1 Å². The van der Waals surface area contributed by atoms with Gasteiger partial charge in [-0.05, 0) is 26.0 Å². The highest BCUT2D eigenvalue weighted by atomic mass is 16.5. The summed E-state index contributed by atoms with van der Waals surface area (Å²) in [5.74, 6) is -0.0743. The Hall–Kier alpha value is -2.12. The molecule has 7 heteroatoms. The second-order valence-electron chi connectivity index (χ2n) is 5.87. The molecule has 0 saturated carbocycles. The maximum absolute atomic E-state index is 12.4. The summed E-state index contributed by atoms with van der Waals surface area (Å²) < 4.78 is 5.47. The minimum Gasteiger partial charge on any atom is -0.378 e. The fourth-order valence-electron chi connectivity index (χ4n) is 2.81. The number of amides is 3. The molecule has 1 aromatic carbocycles. The van der Waals surface area contributed by atoms with Crippen molar-refractivity contribution in [1.82, 2.24) is 15.5 Å². The number of hydrogen-bond donors (Lipinski definition) is 3. The average molecular weight is 334 g/mol. The Kier molecular flexibility index (Phi) is 6.57. The molecule has 3 amide bonds. The van der Waals surface area contributed by atoms with Crippen LogP contribution in [0.5, 0.6) is 0 Å². The third kappa shape index (κ3) is 4.69. The zero-order valence-electron chi connectivity index (χ0n) is 14.4. The SMILES string of the molecule is CCNC(=O)N[C@@H]1CN([C@@H](C)C(=O)Nc2ccccc2)C[C@@H]1OC. The Bertz CT molecular complexity index is 552. The third-order valence-corrected chi connectivity index (χ3v) is 4.22. The van der Waals surface area contributed by atoms with Gasteiger partial charge < -0.3 is 20.7 Å². The van der Waals surface area contributed by atoms with Gasteiger partial charge in [0.15, 0.2) is 0 Å². The molecule has 0 aliphatic carbocycles. The topological polar surface area (TPSA) is 82.7 Å². The molecule has 132 valence electrons. The molecule has 0 spiro atoms. The van der Waals surface area contributed by atoms with Gasteiger partial charge in [-0.1, -0.05) is 18.2 Å². The summed E-state index contributed by atoms with van der Waals surface area (Å²) in [6.45, 7) is 5.45. The van der Waals surface area contributed by atoms with E-state index in [1.165, 1.54) is 0 Å². The summed E-state index contributed by atoms with van der Waals surface area (Å²) in [6, 6.07) is 8.69. The number of urea groups is 1. The van der Waals surface area contributed by atoms with Crippen molar-refractivity contribution in [3.63, 3.8) is 0 Å². The van der Waals surface area contributed by atoms with Crippen molar-refractivity contribution in [2.24, 2.45) is 0 Å². The number of anilines is 1. The first-order valence-electron chi connectivity index (χ1n) is 8.22. The van der Waals surface area contributed by atoms with Crippen LogP contribution < -0.4 is 16.0 Å². The molecule has 2 rings (SSSR count). The zero-order valence-corrected chi connectivity index (χ0v) is 14.4. The van der Waals surface area contributed by atoms with Gasteiger partial charge in [0.05, 0.1) is 18.2 Å². The van der Waals surface area contributed by atoms with Crippen LogP contribution in [0.2, 0.25) is 0 Å². The van der Waals surface area contributed by atoms with Crippen LogP contribution in [-0.2, 0) is 9.53 Å². The fourth-order valence-corrected chi connectivity index (χ4v) is 2.81. The molecule has 3 N–H and O–H groups in total. The number of carbonyl (C=O) groups excluding carboxylic acids is 2. The van der Waals surface area contributed by atoms with Crippen LogP contribution in [-0.4, -0.2) is 61.8 Å². The van der Waals surface area contributed by atoms with Crippen LogP contribution in [0.4, 0.5) is 10.5 Å². The van der Waals surface area contributed by atoms with Crippen molar-refractivity contribution < 1.29 is 14.3 Å². The second-order valence-corrected chi connectivity index (χ2v) is 5.87. The van der Waals surface area contributed by atoms with E-state index in [0.717, 1.165) is 5.69 Å². The first-order chi connectivity index (χ1) is 11.5. The van der Waals surface area contributed by atoms with Gasteiger partial charge in [0.2, 0.25) is 5.91 Å². The van der Waals surface area contributed by atoms with E-state index in [9.17, 15) is 9.59 Å². The molecule has 0 bridgehead atoms. The minimum absolute atomic E-state index is 0.0743. The number of nitrogens with zero attached hydrogens (tertiary/aromatic N) is 1. The van der Waals surface area contributed by atoms with E-state index in [0.29, 0.717) is 19.6 Å². The number of ether oxygens (including phenoxy) is 1. The van der Waals surface area contributed by atoms with E-state index < -0.39 is 0 Å². The molecule has 0 aromatic heterocycles. The normalized spacial score (nSPS) is 22.0. The van der Waals surface area contributed by atoms with Gasteiger partial charge in [-0.2, -0.15) is 0 Å². The van der Waals surface area contributed by atoms with E-state index in [-0.39, 0.29) is 30.1 Å². The summed E-state index contributed by atoms with van der Waals surface area (Å²) in [5, 5.41) is 8.53. The van der Waals surface area contributed by atoms with Gasteiger partial charge in [-0.25, -0.2) is 4.79 Å². The van der Waals surface area contributed by atoms with Gasteiger partial charge in [-0.15, -0.1) is 0 Å². The number of rotatable bonds is 6. The minimum atomic E-state index is -0.316. The molecule has 0 unspecified atom stereocenters.